The van der Waals surface area contributed by atoms with Crippen LogP contribution < -0.4 is 4.52 Å². The van der Waals surface area contributed by atoms with Gasteiger partial charge in [-0.3, -0.25) is 4.79 Å². The monoisotopic (exact) mass is 549 g/mol. The van der Waals surface area contributed by atoms with Gasteiger partial charge >= 0.3 is 19.2 Å². The van der Waals surface area contributed by atoms with Crippen LogP contribution in [0.2, 0.25) is 0 Å². The third-order valence-corrected chi connectivity index (χ3v) is 9.49. The van der Waals surface area contributed by atoms with Gasteiger partial charge in [-0.1, -0.05) is 50.5 Å². The normalized spacial score (nSPS) is 19.8. The number of likely N-dealkylation sites (N-methyl/N-ethyl adjacent to an activating group) is 1. The highest BCUT2D eigenvalue weighted by molar-refractivity contribution is 7.73. The zero-order valence-electron chi connectivity index (χ0n) is 23.7. The van der Waals surface area contributed by atoms with Crippen LogP contribution in [0.25, 0.3) is 0 Å². The molecule has 8 nitrogen and oxygen atoms in total. The van der Waals surface area contributed by atoms with Gasteiger partial charge in [0.2, 0.25) is 0 Å². The number of carboxylic acid groups (broad SMARTS) is 1. The number of unbranched alkanes of at least 4 members (excludes halogenated alkanes) is 2. The van der Waals surface area contributed by atoms with Crippen LogP contribution in [0.1, 0.15) is 90.7 Å². The van der Waals surface area contributed by atoms with E-state index in [1.165, 1.54) is 6.92 Å². The lowest BCUT2D eigenvalue weighted by Gasteiger charge is -2.35. The van der Waals surface area contributed by atoms with Crippen LogP contribution in [0, 0.1) is 5.92 Å². The van der Waals surface area contributed by atoms with Crippen molar-refractivity contribution in [2.75, 3.05) is 13.2 Å². The Bertz CT molecular complexity index is 1100. The number of rotatable bonds is 14. The molecule has 4 atom stereocenters. The van der Waals surface area contributed by atoms with Crippen molar-refractivity contribution in [2.45, 2.75) is 92.0 Å². The molecule has 1 aromatic rings. The van der Waals surface area contributed by atoms with Crippen LogP contribution in [0.3, 0.4) is 0 Å². The fraction of sp³-hybridized carbons (Fsp3) is 0.586. The minimum Gasteiger partial charge on any atom is -0.507 e. The van der Waals surface area contributed by atoms with E-state index in [4.69, 9.17) is 9.26 Å². The van der Waals surface area contributed by atoms with Gasteiger partial charge in [0.15, 0.2) is 0 Å². The van der Waals surface area contributed by atoms with Crippen LogP contribution in [0.15, 0.2) is 35.9 Å². The molecule has 1 aliphatic rings. The number of ether oxygens (including phenoxy) is 1. The number of hydrogen-bond acceptors (Lipinski definition) is 6. The molecular weight excluding hydrogens is 505 g/mol. The van der Waals surface area contributed by atoms with Crippen molar-refractivity contribution in [1.29, 1.82) is 0 Å². The molecule has 0 bridgehead atoms. The number of aliphatic carboxylic acids is 1. The number of benzene rings is 1. The second kappa shape index (κ2) is 14.0. The minimum absolute atomic E-state index is 0.0000847. The first-order valence-corrected chi connectivity index (χ1v) is 15.1. The molecule has 2 N–H and O–H groups in total. The maximum absolute atomic E-state index is 14.4. The summed E-state index contributed by atoms with van der Waals surface area (Å²) >= 11 is 0. The Kier molecular flexibility index (Phi) is 11.7. The van der Waals surface area contributed by atoms with Crippen molar-refractivity contribution in [3.05, 3.63) is 47.1 Å². The predicted molar refractivity (Wildman–Crippen MR) is 150 cm³/mol. The van der Waals surface area contributed by atoms with Gasteiger partial charge in [-0.25, -0.2) is 9.36 Å². The number of allylic oxidation sites excluding steroid dienone is 3. The van der Waals surface area contributed by atoms with Crippen molar-refractivity contribution in [3.8, 4) is 11.5 Å². The summed E-state index contributed by atoms with van der Waals surface area (Å²) in [5.41, 5.74) is 2.17. The summed E-state index contributed by atoms with van der Waals surface area (Å²) in [6, 6.07) is 2.15. The van der Waals surface area contributed by atoms with E-state index in [2.05, 4.69) is 19.6 Å². The number of phenolic OH excluding ortho intramolecular Hbond substituents is 1. The third kappa shape index (κ3) is 7.29. The fourth-order valence-electron chi connectivity index (χ4n) is 5.06. The quantitative estimate of drug-likeness (QED) is 0.138. The molecule has 1 aromatic carbocycles. The average molecular weight is 550 g/mol. The lowest BCUT2D eigenvalue weighted by molar-refractivity contribution is -0.141. The van der Waals surface area contributed by atoms with Crippen molar-refractivity contribution in [1.82, 2.24) is 4.67 Å². The topological polar surface area (TPSA) is 113 Å². The number of aromatic hydroxyl groups is 1. The second-order valence-electron chi connectivity index (χ2n) is 10.1. The molecular formula is C29H44NO7P. The molecule has 0 fully saturated rings. The lowest BCUT2D eigenvalue weighted by atomic mass is 9.73. The van der Waals surface area contributed by atoms with Crippen molar-refractivity contribution in [3.63, 3.8) is 0 Å². The molecule has 0 heterocycles. The largest absolute Gasteiger partial charge is 0.507 e. The number of carboxylic acids is 1. The highest BCUT2D eigenvalue weighted by atomic mass is 31.2. The SMILES string of the molecule is C=C(C)[C@@H]1CCC(C)=C[C@H]1c1c(O)cc(CCCCC)cc1OP(=O)(C(=O)OCC)N(CC)[C@@H](C)C(=O)O. The van der Waals surface area contributed by atoms with Crippen LogP contribution in [-0.4, -0.2) is 45.8 Å². The van der Waals surface area contributed by atoms with E-state index in [0.29, 0.717) is 12.0 Å². The molecule has 0 amide bonds. The highest BCUT2D eigenvalue weighted by Crippen LogP contribution is 2.57. The summed E-state index contributed by atoms with van der Waals surface area (Å²) in [5.74, 6) is -1.47. The lowest BCUT2D eigenvalue weighted by Crippen LogP contribution is -2.39. The van der Waals surface area contributed by atoms with Gasteiger partial charge in [0, 0.05) is 18.0 Å². The smallest absolute Gasteiger partial charge is 0.427 e. The summed E-state index contributed by atoms with van der Waals surface area (Å²) in [6.07, 6.45) is 7.35. The van der Waals surface area contributed by atoms with Crippen molar-refractivity contribution in [2.24, 2.45) is 5.92 Å². The molecule has 0 aliphatic heterocycles. The Hall–Kier alpha value is -2.57. The second-order valence-corrected chi connectivity index (χ2v) is 12.2. The number of hydrogen-bond donors (Lipinski definition) is 2. The zero-order valence-corrected chi connectivity index (χ0v) is 24.6. The molecule has 1 unspecified atom stereocenters. The number of carbonyl (C=O) groups excluding carboxylic acids is 1. The first-order chi connectivity index (χ1) is 17.9. The molecule has 0 saturated carbocycles. The molecule has 212 valence electrons. The third-order valence-electron chi connectivity index (χ3n) is 7.15. The Morgan fingerprint density at radius 2 is 1.92 bits per heavy atom. The zero-order chi connectivity index (χ0) is 28.6. The Morgan fingerprint density at radius 3 is 2.47 bits per heavy atom. The first-order valence-electron chi connectivity index (χ1n) is 13.6. The molecule has 0 spiro atoms. The standard InChI is InChI=1S/C29H44NO7P/c1-8-11-12-13-22-17-25(31)27(24-16-20(6)14-15-23(24)19(4)5)26(18-22)37-38(35,29(34)36-10-3)30(9-2)21(7)28(32)33/h16-18,21,23-24,31H,4,8-15H2,1-3,5-7H3,(H,32,33)/t21-,23-,24+,38?/m0/s1. The molecule has 0 radical (unpaired) electrons. The van der Waals surface area contributed by atoms with E-state index in [1.807, 2.05) is 13.8 Å². The van der Waals surface area contributed by atoms with Crippen LogP contribution in [0.5, 0.6) is 11.5 Å². The molecule has 38 heavy (non-hydrogen) atoms. The van der Waals surface area contributed by atoms with Crippen LogP contribution >= 0.6 is 7.52 Å². The maximum atomic E-state index is 14.4. The van der Waals surface area contributed by atoms with Crippen molar-refractivity contribution >= 4 is 19.2 Å². The van der Waals surface area contributed by atoms with E-state index >= 15 is 0 Å². The predicted octanol–water partition coefficient (Wildman–Crippen LogP) is 7.66. The number of phenols is 1. The van der Waals surface area contributed by atoms with E-state index in [0.717, 1.165) is 53.5 Å². The van der Waals surface area contributed by atoms with Gasteiger partial charge in [-0.2, -0.15) is 4.67 Å². The Balaban J connectivity index is 2.78. The maximum Gasteiger partial charge on any atom is 0.427 e. The molecule has 0 saturated heterocycles. The van der Waals surface area contributed by atoms with Gasteiger partial charge in [-0.05, 0) is 77.0 Å². The summed E-state index contributed by atoms with van der Waals surface area (Å²) in [5, 5.41) is 21.0. The van der Waals surface area contributed by atoms with E-state index in [1.54, 1.807) is 26.0 Å². The molecule has 9 heteroatoms. The highest BCUT2D eigenvalue weighted by Gasteiger charge is 2.48. The Morgan fingerprint density at radius 1 is 1.24 bits per heavy atom. The van der Waals surface area contributed by atoms with Crippen molar-refractivity contribution < 1.29 is 33.6 Å². The summed E-state index contributed by atoms with van der Waals surface area (Å²) < 4.78 is 26.7. The van der Waals surface area contributed by atoms with Crippen LogP contribution in [0.4, 0.5) is 4.79 Å². The summed E-state index contributed by atoms with van der Waals surface area (Å²) in [6.45, 7) is 14.7. The summed E-state index contributed by atoms with van der Waals surface area (Å²) in [7, 11) is -4.54. The fourth-order valence-corrected chi connectivity index (χ4v) is 7.08. The van der Waals surface area contributed by atoms with Gasteiger partial charge < -0.3 is 19.5 Å². The minimum atomic E-state index is -4.54. The first kappa shape index (κ1) is 31.6. The van der Waals surface area contributed by atoms with Crippen LogP contribution in [-0.2, 0) is 20.5 Å². The summed E-state index contributed by atoms with van der Waals surface area (Å²) in [4.78, 5) is 25.0. The van der Waals surface area contributed by atoms with E-state index in [-0.39, 0.29) is 36.5 Å². The number of carbonyl (C=O) groups is 2. The van der Waals surface area contributed by atoms with Gasteiger partial charge in [0.25, 0.3) is 0 Å². The van der Waals surface area contributed by atoms with Gasteiger partial charge in [0.1, 0.15) is 17.5 Å². The average Bonchev–Trinajstić information content (AvgIpc) is 2.84. The van der Waals surface area contributed by atoms with Gasteiger partial charge in [-0.15, -0.1) is 0 Å². The molecule has 1 aliphatic carbocycles. The van der Waals surface area contributed by atoms with E-state index in [9.17, 15) is 24.4 Å². The van der Waals surface area contributed by atoms with Gasteiger partial charge in [0.05, 0.1) is 6.61 Å². The Labute approximate surface area is 227 Å². The van der Waals surface area contributed by atoms with E-state index < -0.39 is 25.2 Å². The number of nitrogens with zero attached hydrogens (tertiary/aromatic N) is 1. The molecule has 2 rings (SSSR count). The number of aryl methyl sites for hydroxylation is 1. The molecule has 0 aromatic heterocycles.